The summed E-state index contributed by atoms with van der Waals surface area (Å²) in [7, 11) is 0. The molecule has 0 saturated heterocycles. The Bertz CT molecular complexity index is 1440. The zero-order valence-electron chi connectivity index (χ0n) is 17.5. The first-order valence-corrected chi connectivity index (χ1v) is 11.7. The van der Waals surface area contributed by atoms with Crippen LogP contribution in [-0.4, -0.2) is 0 Å². The highest BCUT2D eigenvalue weighted by Crippen LogP contribution is 2.41. The van der Waals surface area contributed by atoms with E-state index in [1.807, 2.05) is 11.3 Å². The fourth-order valence-corrected chi connectivity index (χ4v) is 5.64. The third-order valence-electron chi connectivity index (χ3n) is 6.17. The second kappa shape index (κ2) is 7.40. The minimum atomic E-state index is 1.11. The average molecular weight is 418 g/mol. The van der Waals surface area contributed by atoms with Crippen LogP contribution in [0.1, 0.15) is 23.1 Å². The number of benzene rings is 4. The van der Waals surface area contributed by atoms with Crippen molar-refractivity contribution in [1.82, 2.24) is 0 Å². The van der Waals surface area contributed by atoms with Gasteiger partial charge in [0.1, 0.15) is 0 Å². The van der Waals surface area contributed by atoms with Crippen molar-refractivity contribution >= 4 is 54.6 Å². The van der Waals surface area contributed by atoms with Crippen molar-refractivity contribution in [1.29, 1.82) is 0 Å². The number of aryl methyl sites for hydroxylation is 2. The molecule has 2 heteroatoms. The predicted molar refractivity (Wildman–Crippen MR) is 136 cm³/mol. The van der Waals surface area contributed by atoms with Gasteiger partial charge in [-0.1, -0.05) is 54.1 Å². The molecule has 0 radical (unpaired) electrons. The largest absolute Gasteiger partial charge is 0.310 e. The summed E-state index contributed by atoms with van der Waals surface area (Å²) in [5, 5.41) is 2.67. The number of hydrogen-bond acceptors (Lipinski definition) is 2. The van der Waals surface area contributed by atoms with Crippen molar-refractivity contribution in [2.45, 2.75) is 19.8 Å². The fourth-order valence-electron chi connectivity index (χ4n) is 4.55. The lowest BCUT2D eigenvalue weighted by Gasteiger charge is -2.27. The second-order valence-corrected chi connectivity index (χ2v) is 9.36. The van der Waals surface area contributed by atoms with E-state index in [-0.39, 0.29) is 0 Å². The van der Waals surface area contributed by atoms with Gasteiger partial charge in [-0.15, -0.1) is 11.3 Å². The van der Waals surface area contributed by atoms with Crippen molar-refractivity contribution in [3.8, 4) is 0 Å². The standard InChI is InChI=1S/C29H23NS/c1-20-10-13-23(14-11-20)30(24-15-12-21-6-2-3-7-22(21)18-24)25-16-17-29-27(19-25)26-8-4-5-9-28(26)31-29/h2,4-6,8-19H,3,7H2,1H3. The summed E-state index contributed by atoms with van der Waals surface area (Å²) >= 11 is 1.87. The zero-order valence-corrected chi connectivity index (χ0v) is 18.3. The molecule has 0 unspecified atom stereocenters. The van der Waals surface area contributed by atoms with Crippen LogP contribution < -0.4 is 4.90 Å². The fraction of sp³-hybridized carbons (Fsp3) is 0.103. The maximum Gasteiger partial charge on any atom is 0.0468 e. The average Bonchev–Trinajstić information content (AvgIpc) is 3.19. The molecule has 0 atom stereocenters. The molecule has 0 bridgehead atoms. The highest BCUT2D eigenvalue weighted by Gasteiger charge is 2.16. The highest BCUT2D eigenvalue weighted by molar-refractivity contribution is 7.25. The van der Waals surface area contributed by atoms with Crippen LogP contribution in [0.25, 0.3) is 26.2 Å². The van der Waals surface area contributed by atoms with E-state index < -0.39 is 0 Å². The normalized spacial score (nSPS) is 12.9. The van der Waals surface area contributed by atoms with E-state index in [9.17, 15) is 0 Å². The molecule has 0 fully saturated rings. The highest BCUT2D eigenvalue weighted by atomic mass is 32.1. The van der Waals surface area contributed by atoms with Gasteiger partial charge in [0.05, 0.1) is 0 Å². The number of fused-ring (bicyclic) bond motifs is 4. The molecule has 1 heterocycles. The van der Waals surface area contributed by atoms with Gasteiger partial charge in [-0.2, -0.15) is 0 Å². The molecule has 0 spiro atoms. The Morgan fingerprint density at radius 3 is 2.35 bits per heavy atom. The predicted octanol–water partition coefficient (Wildman–Crippen LogP) is 8.79. The van der Waals surface area contributed by atoms with E-state index in [2.05, 4.69) is 109 Å². The van der Waals surface area contributed by atoms with E-state index in [1.54, 1.807) is 0 Å². The third kappa shape index (κ3) is 3.24. The van der Waals surface area contributed by atoms with Gasteiger partial charge in [0.25, 0.3) is 0 Å². The van der Waals surface area contributed by atoms with Gasteiger partial charge in [-0.25, -0.2) is 0 Å². The summed E-state index contributed by atoms with van der Waals surface area (Å²) in [6.07, 6.45) is 6.75. The summed E-state index contributed by atoms with van der Waals surface area (Å²) < 4.78 is 2.68. The Morgan fingerprint density at radius 1 is 0.710 bits per heavy atom. The van der Waals surface area contributed by atoms with Gasteiger partial charge in [-0.3, -0.25) is 0 Å². The van der Waals surface area contributed by atoms with E-state index in [0.717, 1.165) is 12.8 Å². The van der Waals surface area contributed by atoms with Crippen LogP contribution in [0.4, 0.5) is 17.1 Å². The van der Waals surface area contributed by atoms with Gasteiger partial charge in [-0.05, 0) is 79.4 Å². The molecule has 0 N–H and O–H groups in total. The van der Waals surface area contributed by atoms with Gasteiger partial charge in [0.15, 0.2) is 0 Å². The minimum Gasteiger partial charge on any atom is -0.310 e. The van der Waals surface area contributed by atoms with E-state index >= 15 is 0 Å². The van der Waals surface area contributed by atoms with E-state index in [1.165, 1.54) is 53.9 Å². The molecule has 5 aromatic rings. The number of anilines is 3. The van der Waals surface area contributed by atoms with Gasteiger partial charge in [0, 0.05) is 37.2 Å². The summed E-state index contributed by atoms with van der Waals surface area (Å²) in [6, 6.07) is 31.3. The number of hydrogen-bond donors (Lipinski definition) is 0. The minimum absolute atomic E-state index is 1.11. The SMILES string of the molecule is Cc1ccc(N(c2ccc3c(c2)CCC=C3)c2ccc3sc4ccccc4c3c2)cc1. The van der Waals surface area contributed by atoms with Crippen LogP contribution in [-0.2, 0) is 6.42 Å². The number of nitrogens with zero attached hydrogens (tertiary/aromatic N) is 1. The molecule has 0 aliphatic heterocycles. The van der Waals surface area contributed by atoms with Crippen molar-refractivity contribution in [2.24, 2.45) is 0 Å². The lowest BCUT2D eigenvalue weighted by Crippen LogP contribution is -2.11. The first kappa shape index (κ1) is 18.4. The van der Waals surface area contributed by atoms with Crippen LogP contribution >= 0.6 is 11.3 Å². The summed E-state index contributed by atoms with van der Waals surface area (Å²) in [5.74, 6) is 0. The van der Waals surface area contributed by atoms with Gasteiger partial charge >= 0.3 is 0 Å². The zero-order chi connectivity index (χ0) is 20.8. The van der Waals surface area contributed by atoms with Crippen LogP contribution in [0.15, 0.2) is 91.0 Å². The Balaban J connectivity index is 1.56. The van der Waals surface area contributed by atoms with Crippen molar-refractivity contribution in [2.75, 3.05) is 4.90 Å². The summed E-state index contributed by atoms with van der Waals surface area (Å²) in [5.41, 5.74) is 7.66. The first-order chi connectivity index (χ1) is 15.3. The second-order valence-electron chi connectivity index (χ2n) is 8.27. The molecule has 1 nitrogen and oxygen atoms in total. The molecule has 1 aliphatic carbocycles. The molecule has 0 amide bonds. The molecule has 0 saturated carbocycles. The molecule has 6 rings (SSSR count). The smallest absolute Gasteiger partial charge is 0.0468 e. The molecule has 1 aromatic heterocycles. The molecule has 150 valence electrons. The Morgan fingerprint density at radius 2 is 1.45 bits per heavy atom. The molecule has 4 aromatic carbocycles. The van der Waals surface area contributed by atoms with Crippen molar-refractivity contribution < 1.29 is 0 Å². The molecular formula is C29H23NS. The molecule has 31 heavy (non-hydrogen) atoms. The summed E-state index contributed by atoms with van der Waals surface area (Å²) in [6.45, 7) is 2.14. The quantitative estimate of drug-likeness (QED) is 0.283. The third-order valence-corrected chi connectivity index (χ3v) is 7.32. The maximum atomic E-state index is 2.39. The Hall–Kier alpha value is -3.36. The van der Waals surface area contributed by atoms with E-state index in [4.69, 9.17) is 0 Å². The lowest BCUT2D eigenvalue weighted by atomic mass is 9.96. The van der Waals surface area contributed by atoms with Crippen LogP contribution in [0.3, 0.4) is 0 Å². The number of rotatable bonds is 3. The maximum absolute atomic E-state index is 2.39. The van der Waals surface area contributed by atoms with Crippen molar-refractivity contribution in [3.05, 3.63) is 108 Å². The topological polar surface area (TPSA) is 3.24 Å². The van der Waals surface area contributed by atoms with Crippen molar-refractivity contribution in [3.63, 3.8) is 0 Å². The first-order valence-electron chi connectivity index (χ1n) is 10.8. The molecule has 1 aliphatic rings. The Labute approximate surface area is 186 Å². The number of allylic oxidation sites excluding steroid dienone is 1. The summed E-state index contributed by atoms with van der Waals surface area (Å²) in [4.78, 5) is 2.39. The Kier molecular flexibility index (Phi) is 4.40. The van der Waals surface area contributed by atoms with Crippen LogP contribution in [0.5, 0.6) is 0 Å². The van der Waals surface area contributed by atoms with Crippen LogP contribution in [0, 0.1) is 6.92 Å². The van der Waals surface area contributed by atoms with Gasteiger partial charge in [0.2, 0.25) is 0 Å². The van der Waals surface area contributed by atoms with E-state index in [0.29, 0.717) is 0 Å². The molecular weight excluding hydrogens is 394 g/mol. The van der Waals surface area contributed by atoms with Crippen LogP contribution in [0.2, 0.25) is 0 Å². The van der Waals surface area contributed by atoms with Gasteiger partial charge < -0.3 is 4.90 Å². The lowest BCUT2D eigenvalue weighted by molar-refractivity contribution is 0.984. The number of thiophene rings is 1. The monoisotopic (exact) mass is 417 g/mol.